The molecule has 1 aliphatic heterocycles. The minimum Gasteiger partial charge on any atom is -0.508 e. The summed E-state index contributed by atoms with van der Waals surface area (Å²) < 4.78 is 0. The summed E-state index contributed by atoms with van der Waals surface area (Å²) in [7, 11) is 0. The van der Waals surface area contributed by atoms with Crippen LogP contribution in [0.1, 0.15) is 137 Å². The van der Waals surface area contributed by atoms with Gasteiger partial charge in [-0.1, -0.05) is 70.2 Å². The summed E-state index contributed by atoms with van der Waals surface area (Å²) in [5, 5.41) is 117. The number of aliphatic carboxylic acids is 2. The van der Waals surface area contributed by atoms with E-state index in [2.05, 4.69) is 79.8 Å². The fourth-order valence-electron chi connectivity index (χ4n) is 12.7. The van der Waals surface area contributed by atoms with E-state index in [1.54, 1.807) is 64.3 Å². The number of phenols is 1. The van der Waals surface area contributed by atoms with Gasteiger partial charge in [0, 0.05) is 39.2 Å². The summed E-state index contributed by atoms with van der Waals surface area (Å²) in [6.45, 7) is 7.04. The van der Waals surface area contributed by atoms with Crippen molar-refractivity contribution in [2.24, 2.45) is 23.3 Å². The Balaban J connectivity index is 1.82. The summed E-state index contributed by atoms with van der Waals surface area (Å²) in [5.74, 6) is -21.5. The molecule has 0 radical (unpaired) electrons. The molecule has 3 rings (SSSR count). The number of benzene rings is 2. The molecule has 1 aliphatic rings. The van der Waals surface area contributed by atoms with Gasteiger partial charge in [0.2, 0.25) is 100 Å². The second-order valence-corrected chi connectivity index (χ2v) is 31.8. The SMILES string of the molecule is CSCCC(NC(=O)C(Cc1ccccc1)NC(=O)CNC(=O)CNC(=O)C(Cc1ccc(O)cc1)NC(C)=O)C(=O)NC(C(=O)NC(CO)C(=O)NC(CCC(=O)O)C(=O)NC(CCCCN)C(=O)NC(CO)C(=O)NC(CCC(N)=O)C(=O)NC(C(=O)N1CCCC1C(=O)NC(CC(C)C)C(=O)NC(C(=O)NC(C(=O)O)C(C)O)C(C)C)C(C)O)C(C)O. The zero-order chi connectivity index (χ0) is 94.1. The first-order valence-corrected chi connectivity index (χ1v) is 42.0. The lowest BCUT2D eigenvalue weighted by Crippen LogP contribution is -2.63. The number of carboxylic acid groups (broad SMARTS) is 2. The van der Waals surface area contributed by atoms with Crippen molar-refractivity contribution in [3.05, 3.63) is 65.7 Å². The van der Waals surface area contributed by atoms with Gasteiger partial charge in [-0.3, -0.25) is 86.3 Å². The number of nitrogens with zero attached hydrogens (tertiary/aromatic N) is 1. The number of aromatic hydroxyl groups is 1. The number of phenolic OH excluding ortho intramolecular Hbond substituents is 1. The van der Waals surface area contributed by atoms with E-state index in [0.717, 1.165) is 25.7 Å². The number of hydrogen-bond acceptors (Lipinski definition) is 27. The maximum Gasteiger partial charge on any atom is 0.328 e. The first-order valence-electron chi connectivity index (χ1n) is 40.6. The molecule has 17 unspecified atom stereocenters. The number of thioether (sulfide) groups is 1. The lowest BCUT2D eigenvalue weighted by molar-refractivity contribution is -0.145. The smallest absolute Gasteiger partial charge is 0.328 e. The minimum absolute atomic E-state index is 0.0000342. The van der Waals surface area contributed by atoms with Gasteiger partial charge in [0.25, 0.3) is 0 Å². The van der Waals surface area contributed by atoms with Crippen LogP contribution >= 0.6 is 11.8 Å². The van der Waals surface area contributed by atoms with Crippen LogP contribution in [0.2, 0.25) is 0 Å². The van der Waals surface area contributed by atoms with Crippen LogP contribution in [-0.4, -0.2) is 312 Å². The van der Waals surface area contributed by atoms with Crippen molar-refractivity contribution in [3.63, 3.8) is 0 Å². The predicted molar refractivity (Wildman–Crippen MR) is 446 cm³/mol. The van der Waals surface area contributed by atoms with Gasteiger partial charge in [0.15, 0.2) is 6.04 Å². The molecule has 696 valence electrons. The molecule has 17 atom stereocenters. The fourth-order valence-corrected chi connectivity index (χ4v) is 13.2. The summed E-state index contributed by atoms with van der Waals surface area (Å²) in [6.07, 6.45) is -6.46. The second kappa shape index (κ2) is 54.8. The number of carbonyl (C=O) groups is 19. The first kappa shape index (κ1) is 107. The Labute approximate surface area is 725 Å². The van der Waals surface area contributed by atoms with Crippen LogP contribution in [0.5, 0.6) is 5.75 Å². The average Bonchev–Trinajstić information content (AvgIpc) is 1.48. The van der Waals surface area contributed by atoms with Gasteiger partial charge < -0.3 is 137 Å². The molecule has 45 nitrogen and oxygen atoms in total. The molecule has 1 heterocycles. The highest BCUT2D eigenvalue weighted by Gasteiger charge is 2.44. The van der Waals surface area contributed by atoms with Crippen LogP contribution in [0.25, 0.3) is 0 Å². The van der Waals surface area contributed by atoms with Crippen molar-refractivity contribution in [1.29, 1.82) is 0 Å². The van der Waals surface area contributed by atoms with E-state index in [4.69, 9.17) is 11.5 Å². The van der Waals surface area contributed by atoms with Gasteiger partial charge in [-0.15, -0.1) is 0 Å². The summed E-state index contributed by atoms with van der Waals surface area (Å²) in [6, 6.07) is -9.35. The molecular weight excluding hydrogens is 1670 g/mol. The number of aliphatic hydroxyl groups excluding tert-OH is 5. The molecule has 1 saturated heterocycles. The van der Waals surface area contributed by atoms with Crippen LogP contribution in [0.15, 0.2) is 54.6 Å². The summed E-state index contributed by atoms with van der Waals surface area (Å²) in [4.78, 5) is 258. The number of nitrogens with two attached hydrogens (primary N) is 2. The van der Waals surface area contributed by atoms with Crippen LogP contribution in [0, 0.1) is 11.8 Å². The van der Waals surface area contributed by atoms with E-state index in [1.165, 1.54) is 43.0 Å². The zero-order valence-corrected chi connectivity index (χ0v) is 72.0. The monoisotopic (exact) mass is 1790 g/mol. The van der Waals surface area contributed by atoms with Crippen LogP contribution in [-0.2, 0) is 104 Å². The fraction of sp³-hybridized carbons (Fsp3) is 0.608. The standard InChI is InChI=1S/C79H122N18O27S/c1-39(2)32-52(72(116)93-62(40(3)4)76(120)96-65(43(7)102)79(123)124)90-75(119)57-19-15-30-97(57)78(122)64(42(6)101)95-69(113)49(24-26-58(81)105)87-73(117)55(37-98)91-67(111)48(18-13-14-29-80)86-68(112)50(25-27-61(108)109)88-74(118)56(38-99)92-77(121)63(41(5)100)94-70(114)51(28-31-125-9)89-71(115)54(33-45-16-11-10-12-17-45)85-60(107)36-82-59(106)35-83-66(110)53(84-44(8)103)34-46-20-22-47(104)23-21-46/h10-12,16-17,20-23,39-43,48-57,62-65,98-102,104H,13-15,18-19,24-38,80H2,1-9H3,(H2,81,105)(H,82,106)(H,83,110)(H,84,103)(H,85,107)(H,86,112)(H,87,117)(H,88,118)(H,89,115)(H,90,119)(H,91,111)(H,92,121)(H,93,116)(H,94,114)(H,95,113)(H,96,120)(H,108,109)(H,123,124). The Morgan fingerprint density at radius 1 is 0.464 bits per heavy atom. The average molecular weight is 1790 g/mol. The van der Waals surface area contributed by atoms with E-state index in [1.807, 2.05) is 0 Å². The molecule has 46 heteroatoms. The molecule has 0 spiro atoms. The molecule has 2 aromatic rings. The number of unbranched alkanes of at least 4 members (excludes halogenated alkanes) is 1. The van der Waals surface area contributed by atoms with E-state index in [-0.39, 0.29) is 88.3 Å². The second-order valence-electron chi connectivity index (χ2n) is 30.8. The highest BCUT2D eigenvalue weighted by atomic mass is 32.2. The van der Waals surface area contributed by atoms with Gasteiger partial charge in [0.1, 0.15) is 84.3 Å². The van der Waals surface area contributed by atoms with Crippen molar-refractivity contribution in [2.75, 3.05) is 51.4 Å². The molecule has 0 saturated carbocycles. The van der Waals surface area contributed by atoms with Gasteiger partial charge in [-0.25, -0.2) is 4.79 Å². The van der Waals surface area contributed by atoms with Gasteiger partial charge in [-0.2, -0.15) is 11.8 Å². The van der Waals surface area contributed by atoms with E-state index in [0.29, 0.717) is 11.1 Å². The number of primary amides is 1. The van der Waals surface area contributed by atoms with Gasteiger partial charge >= 0.3 is 11.9 Å². The Kier molecular flexibility index (Phi) is 47.1. The van der Waals surface area contributed by atoms with Crippen molar-refractivity contribution in [3.8, 4) is 5.75 Å². The minimum atomic E-state index is -2.06. The number of nitrogens with one attached hydrogen (secondary N) is 15. The molecule has 0 bridgehead atoms. The molecule has 27 N–H and O–H groups in total. The summed E-state index contributed by atoms with van der Waals surface area (Å²) in [5.41, 5.74) is 12.2. The largest absolute Gasteiger partial charge is 0.508 e. The number of rotatable bonds is 56. The number of carbonyl (C=O) groups excluding carboxylic acids is 17. The normalized spacial score (nSPS) is 16.2. The Morgan fingerprint density at radius 2 is 0.904 bits per heavy atom. The van der Waals surface area contributed by atoms with Crippen LogP contribution in [0.4, 0.5) is 0 Å². The zero-order valence-electron chi connectivity index (χ0n) is 71.2. The Morgan fingerprint density at radius 3 is 1.39 bits per heavy atom. The van der Waals surface area contributed by atoms with Crippen molar-refractivity contribution in [2.45, 2.75) is 242 Å². The maximum absolute atomic E-state index is 14.4. The maximum atomic E-state index is 14.4. The lowest BCUT2D eigenvalue weighted by atomic mass is 9.99. The first-order chi connectivity index (χ1) is 58.9. The molecular formula is C79H122N18O27S. The number of carboxylic acids is 2. The van der Waals surface area contributed by atoms with Gasteiger partial charge in [0.05, 0.1) is 44.6 Å². The predicted octanol–water partition coefficient (Wildman–Crippen LogP) is -8.35. The molecule has 1 fully saturated rings. The highest BCUT2D eigenvalue weighted by molar-refractivity contribution is 7.98. The lowest BCUT2D eigenvalue weighted by Gasteiger charge is -2.32. The highest BCUT2D eigenvalue weighted by Crippen LogP contribution is 2.22. The van der Waals surface area contributed by atoms with Gasteiger partial charge in [-0.05, 0) is 132 Å². The number of hydrogen-bond donors (Lipinski definition) is 25. The Bertz CT molecular complexity index is 4010. The third kappa shape index (κ3) is 38.1. The van der Waals surface area contributed by atoms with E-state index >= 15 is 0 Å². The molecule has 0 aromatic heterocycles. The number of aliphatic hydroxyl groups is 5. The number of amides is 17. The third-order valence-corrected chi connectivity index (χ3v) is 20.1. The Hall–Kier alpha value is -11.7. The van der Waals surface area contributed by atoms with E-state index < -0.39 is 273 Å². The summed E-state index contributed by atoms with van der Waals surface area (Å²) >= 11 is 1.23. The topological polar surface area (TPSA) is 722 Å². The molecule has 0 aliphatic carbocycles. The van der Waals surface area contributed by atoms with Crippen molar-refractivity contribution >= 4 is 124 Å². The molecule has 2 aromatic carbocycles. The number of likely N-dealkylation sites (tertiary alicyclic amines) is 1. The third-order valence-electron chi connectivity index (χ3n) is 19.5. The van der Waals surface area contributed by atoms with E-state index in [9.17, 15) is 132 Å². The van der Waals surface area contributed by atoms with Crippen LogP contribution in [0.3, 0.4) is 0 Å². The molecule has 125 heavy (non-hydrogen) atoms. The quantitative estimate of drug-likeness (QED) is 0.0274. The van der Waals surface area contributed by atoms with Crippen molar-refractivity contribution in [1.82, 2.24) is 84.7 Å². The van der Waals surface area contributed by atoms with Crippen molar-refractivity contribution < 1.29 is 132 Å². The molecule has 17 amide bonds. The van der Waals surface area contributed by atoms with Crippen LogP contribution < -0.4 is 91.2 Å².